The Kier molecular flexibility index (Phi) is 3.77. The Labute approximate surface area is 101 Å². The minimum absolute atomic E-state index is 0.766. The third kappa shape index (κ3) is 3.60. The van der Waals surface area contributed by atoms with E-state index in [4.69, 9.17) is 9.26 Å². The zero-order valence-corrected chi connectivity index (χ0v) is 10.1. The van der Waals surface area contributed by atoms with E-state index >= 15 is 0 Å². The Morgan fingerprint density at radius 1 is 1.29 bits per heavy atom. The normalized spacial score (nSPS) is 11.9. The van der Waals surface area contributed by atoms with E-state index in [1.165, 1.54) is 5.56 Å². The van der Waals surface area contributed by atoms with E-state index in [0.717, 1.165) is 24.7 Å². The van der Waals surface area contributed by atoms with Gasteiger partial charge >= 0.3 is 0 Å². The van der Waals surface area contributed by atoms with Crippen molar-refractivity contribution in [2.75, 3.05) is 14.1 Å². The molecule has 0 fully saturated rings. The quantitative estimate of drug-likeness (QED) is 0.796. The fourth-order valence-electron chi connectivity index (χ4n) is 1.53. The second kappa shape index (κ2) is 5.50. The smallest absolute Gasteiger partial charge is 0.150 e. The number of fused-ring (bicyclic) bond motifs is 2. The number of benzene rings is 1. The summed E-state index contributed by atoms with van der Waals surface area (Å²) in [4.78, 5) is 2.03. The zero-order valence-electron chi connectivity index (χ0n) is 10.1. The number of rotatable bonds is 2. The molecule has 0 atom stereocenters. The topological polar surface area (TPSA) is 38.5 Å². The fraction of sp³-hybridized carbons (Fsp3) is 0.308. The first-order valence-electron chi connectivity index (χ1n) is 5.50. The van der Waals surface area contributed by atoms with Gasteiger partial charge < -0.3 is 14.2 Å². The van der Waals surface area contributed by atoms with Gasteiger partial charge in [0.1, 0.15) is 12.4 Å². The van der Waals surface area contributed by atoms with Crippen molar-refractivity contribution >= 4 is 0 Å². The molecule has 90 valence electrons. The lowest BCUT2D eigenvalue weighted by Crippen LogP contribution is -2.09. The first kappa shape index (κ1) is 11.7. The Morgan fingerprint density at radius 3 is 2.76 bits per heavy atom. The van der Waals surface area contributed by atoms with Gasteiger partial charge in [0, 0.05) is 6.07 Å². The van der Waals surface area contributed by atoms with E-state index in [2.05, 4.69) is 17.3 Å². The highest BCUT2D eigenvalue weighted by Crippen LogP contribution is 2.20. The van der Waals surface area contributed by atoms with Crippen LogP contribution in [0.3, 0.4) is 0 Å². The molecule has 1 aliphatic rings. The molecule has 1 aliphatic heterocycles. The minimum Gasteiger partial charge on any atom is -0.489 e. The number of nitrogens with zero attached hydrogens (tertiary/aromatic N) is 2. The van der Waals surface area contributed by atoms with E-state index in [1.54, 1.807) is 6.20 Å². The molecule has 0 amide bonds. The number of hydrogen-bond donors (Lipinski definition) is 0. The van der Waals surface area contributed by atoms with Crippen molar-refractivity contribution in [2.45, 2.75) is 13.2 Å². The number of ether oxygens (including phenoxy) is 1. The first-order valence-corrected chi connectivity index (χ1v) is 5.50. The van der Waals surface area contributed by atoms with E-state index in [9.17, 15) is 0 Å². The third-order valence-electron chi connectivity index (χ3n) is 2.27. The van der Waals surface area contributed by atoms with E-state index < -0.39 is 0 Å². The van der Waals surface area contributed by atoms with Crippen LogP contribution in [0.5, 0.6) is 5.75 Å². The monoisotopic (exact) mass is 232 g/mol. The average Bonchev–Trinajstić information content (AvgIpc) is 2.90. The molecule has 0 aliphatic carbocycles. The van der Waals surface area contributed by atoms with Crippen LogP contribution in [0.25, 0.3) is 0 Å². The van der Waals surface area contributed by atoms with Crippen LogP contribution in [-0.2, 0) is 13.2 Å². The van der Waals surface area contributed by atoms with Gasteiger partial charge in [-0.2, -0.15) is 0 Å². The lowest BCUT2D eigenvalue weighted by atomic mass is 10.2. The van der Waals surface area contributed by atoms with Gasteiger partial charge in [-0.05, 0) is 31.8 Å². The molecule has 0 spiro atoms. The van der Waals surface area contributed by atoms with Gasteiger partial charge in [-0.1, -0.05) is 17.3 Å². The largest absolute Gasteiger partial charge is 0.489 e. The summed E-state index contributed by atoms with van der Waals surface area (Å²) in [6.07, 6.45) is 1.65. The maximum absolute atomic E-state index is 5.18. The summed E-state index contributed by atoms with van der Waals surface area (Å²) < 4.78 is 10.0. The maximum Gasteiger partial charge on any atom is 0.150 e. The summed E-state index contributed by atoms with van der Waals surface area (Å²) in [6, 6.07) is 9.96. The molecule has 17 heavy (non-hydrogen) atoms. The first-order chi connectivity index (χ1) is 8.24. The van der Waals surface area contributed by atoms with Crippen LogP contribution >= 0.6 is 0 Å². The van der Waals surface area contributed by atoms with Gasteiger partial charge in [0.15, 0.2) is 5.76 Å². The maximum atomic E-state index is 5.18. The van der Waals surface area contributed by atoms with Crippen molar-refractivity contribution < 1.29 is 9.26 Å². The molecule has 0 saturated carbocycles. The second-order valence-electron chi connectivity index (χ2n) is 4.15. The molecule has 1 aromatic carbocycles. The predicted molar refractivity (Wildman–Crippen MR) is 64.7 cm³/mol. The molecule has 0 N–H and O–H groups in total. The van der Waals surface area contributed by atoms with Crippen LogP contribution in [0.4, 0.5) is 0 Å². The van der Waals surface area contributed by atoms with Gasteiger partial charge in [0.2, 0.25) is 0 Å². The van der Waals surface area contributed by atoms with Crippen LogP contribution in [0.15, 0.2) is 41.1 Å². The predicted octanol–water partition coefficient (Wildman–Crippen LogP) is 2.32. The van der Waals surface area contributed by atoms with E-state index in [1.807, 2.05) is 37.2 Å². The summed E-state index contributed by atoms with van der Waals surface area (Å²) in [5.74, 6) is 1.91. The molecule has 0 unspecified atom stereocenters. The molecule has 2 bridgehead atoms. The Bertz CT molecular complexity index is 433. The lowest BCUT2D eigenvalue weighted by molar-refractivity contribution is 0.310. The van der Waals surface area contributed by atoms with Crippen molar-refractivity contribution in [3.05, 3.63) is 47.9 Å². The SMILES string of the molecule is CN(C)Cc1ccno1.c1cc2cc(c1)OC2. The molecule has 0 saturated heterocycles. The molecule has 3 rings (SSSR count). The van der Waals surface area contributed by atoms with Crippen LogP contribution in [0, 0.1) is 0 Å². The summed E-state index contributed by atoms with van der Waals surface area (Å²) >= 11 is 0. The molecule has 2 heterocycles. The Morgan fingerprint density at radius 2 is 2.18 bits per heavy atom. The second-order valence-corrected chi connectivity index (χ2v) is 4.15. The van der Waals surface area contributed by atoms with Crippen molar-refractivity contribution in [1.82, 2.24) is 10.1 Å². The fourth-order valence-corrected chi connectivity index (χ4v) is 1.53. The summed E-state index contributed by atoms with van der Waals surface area (Å²) in [5, 5.41) is 3.57. The molecule has 4 nitrogen and oxygen atoms in total. The van der Waals surface area contributed by atoms with Crippen molar-refractivity contribution in [3.8, 4) is 5.75 Å². The average molecular weight is 232 g/mol. The number of hydrogen-bond acceptors (Lipinski definition) is 4. The molecule has 2 aromatic rings. The highest BCUT2D eigenvalue weighted by atomic mass is 16.5. The van der Waals surface area contributed by atoms with Crippen LogP contribution in [-0.4, -0.2) is 24.2 Å². The molecule has 4 heteroatoms. The van der Waals surface area contributed by atoms with Crippen molar-refractivity contribution in [1.29, 1.82) is 0 Å². The van der Waals surface area contributed by atoms with Gasteiger partial charge in [0.05, 0.1) is 12.7 Å². The standard InChI is InChI=1S/C7H6O.C6H10N2O/c1-2-6-4-7(3-1)8-5-6;1-8(2)5-6-3-4-7-9-6/h1-4H,5H2;3-4H,5H2,1-2H3. The van der Waals surface area contributed by atoms with Gasteiger partial charge in [0.25, 0.3) is 0 Å². The minimum atomic E-state index is 0.766. The Balaban J connectivity index is 0.000000127. The lowest BCUT2D eigenvalue weighted by Gasteiger charge is -2.03. The van der Waals surface area contributed by atoms with Crippen molar-refractivity contribution in [2.24, 2.45) is 0 Å². The highest BCUT2D eigenvalue weighted by molar-refractivity contribution is 5.32. The van der Waals surface area contributed by atoms with Crippen molar-refractivity contribution in [3.63, 3.8) is 0 Å². The summed E-state index contributed by atoms with van der Waals surface area (Å²) in [7, 11) is 3.98. The van der Waals surface area contributed by atoms with Crippen LogP contribution in [0.2, 0.25) is 0 Å². The zero-order chi connectivity index (χ0) is 12.1. The third-order valence-corrected chi connectivity index (χ3v) is 2.27. The van der Waals surface area contributed by atoms with Crippen LogP contribution in [0.1, 0.15) is 11.3 Å². The highest BCUT2D eigenvalue weighted by Gasteiger charge is 2.03. The van der Waals surface area contributed by atoms with E-state index in [-0.39, 0.29) is 0 Å². The number of aromatic nitrogens is 1. The van der Waals surface area contributed by atoms with Gasteiger partial charge in [-0.15, -0.1) is 0 Å². The van der Waals surface area contributed by atoms with Gasteiger partial charge in [-0.3, -0.25) is 0 Å². The van der Waals surface area contributed by atoms with Crippen LogP contribution < -0.4 is 4.74 Å². The molecular formula is C13H16N2O2. The van der Waals surface area contributed by atoms with Gasteiger partial charge in [-0.25, -0.2) is 0 Å². The summed E-state index contributed by atoms with van der Waals surface area (Å²) in [5.41, 5.74) is 1.28. The van der Waals surface area contributed by atoms with E-state index in [0.29, 0.717) is 0 Å². The Hall–Kier alpha value is -1.81. The molecule has 1 aromatic heterocycles. The summed E-state index contributed by atoms with van der Waals surface area (Å²) in [6.45, 7) is 1.59. The molecule has 0 radical (unpaired) electrons. The molecular weight excluding hydrogens is 216 g/mol.